The van der Waals surface area contributed by atoms with Gasteiger partial charge in [-0.05, 0) is 0 Å². The van der Waals surface area contributed by atoms with Gasteiger partial charge in [0.15, 0.2) is 0 Å². The van der Waals surface area contributed by atoms with Gasteiger partial charge < -0.3 is 30.1 Å². The molecule has 0 aromatic carbocycles. The summed E-state index contributed by atoms with van der Waals surface area (Å²) >= 11 is 0. The molecular weight excluding hydrogens is 292 g/mol. The Labute approximate surface area is 124 Å². The summed E-state index contributed by atoms with van der Waals surface area (Å²) in [6.45, 7) is 0. The molecule has 0 atom stereocenters. The number of aromatic nitrogens is 2. The fourth-order valence-corrected chi connectivity index (χ4v) is 3.59. The predicted octanol–water partition coefficient (Wildman–Crippen LogP) is 0.376. The van der Waals surface area contributed by atoms with E-state index < -0.39 is 11.8 Å². The molecule has 2 aromatic rings. The van der Waals surface area contributed by atoms with Crippen molar-refractivity contribution >= 4 is 0 Å². The van der Waals surface area contributed by atoms with E-state index in [0.717, 1.165) is 9.46 Å². The molecule has 0 spiro atoms. The lowest BCUT2D eigenvalue weighted by molar-refractivity contribution is 0.117. The molecule has 8 nitrogen and oxygen atoms in total. The van der Waals surface area contributed by atoms with Crippen LogP contribution in [0.3, 0.4) is 0 Å². The molecule has 0 saturated heterocycles. The Morgan fingerprint density at radius 1 is 0.682 bits per heavy atom. The number of allylic oxidation sites excluding steroid dienone is 2. The third-order valence-electron chi connectivity index (χ3n) is 4.42. The summed E-state index contributed by atoms with van der Waals surface area (Å²) in [4.78, 5) is 9.94. The summed E-state index contributed by atoms with van der Waals surface area (Å²) in [5.41, 5.74) is 1.79. The Kier molecular flexibility index (Phi) is 2.24. The lowest BCUT2D eigenvalue weighted by atomic mass is 9.70. The third kappa shape index (κ3) is 1.15. The molecule has 0 fully saturated rings. The van der Waals surface area contributed by atoms with Gasteiger partial charge in [0.2, 0.25) is 23.5 Å². The maximum Gasteiger partial charge on any atom is 0.233 e. The molecule has 5 rings (SSSR count). The van der Waals surface area contributed by atoms with Crippen LogP contribution in [0.5, 0.6) is 23.5 Å². The lowest BCUT2D eigenvalue weighted by Gasteiger charge is -2.30. The molecule has 4 N–H and O–H groups in total. The molecule has 8 heteroatoms. The summed E-state index contributed by atoms with van der Waals surface area (Å²) in [7, 11) is 2.64. The highest BCUT2D eigenvalue weighted by atomic mass is 16.7. The molecule has 0 aliphatic heterocycles. The van der Waals surface area contributed by atoms with Crippen molar-refractivity contribution in [3.63, 3.8) is 0 Å². The van der Waals surface area contributed by atoms with Crippen LogP contribution in [-0.2, 0) is 0 Å². The van der Waals surface area contributed by atoms with Crippen molar-refractivity contribution in [2.45, 2.75) is 11.8 Å². The average Bonchev–Trinajstić information content (AvgIpc) is 2.94. The quantitative estimate of drug-likeness (QED) is 0.597. The smallest absolute Gasteiger partial charge is 0.233 e. The normalized spacial score (nSPS) is 20.8. The summed E-state index contributed by atoms with van der Waals surface area (Å²) in [6.07, 6.45) is 3.60. The molecule has 2 aromatic heterocycles. The van der Waals surface area contributed by atoms with E-state index in [0.29, 0.717) is 22.3 Å². The van der Waals surface area contributed by atoms with Crippen LogP contribution < -0.4 is 9.68 Å². The Balaban J connectivity index is 2.06. The highest BCUT2D eigenvalue weighted by Gasteiger charge is 2.47. The van der Waals surface area contributed by atoms with Gasteiger partial charge in [0.25, 0.3) is 0 Å². The van der Waals surface area contributed by atoms with Crippen molar-refractivity contribution in [2.24, 2.45) is 0 Å². The second kappa shape index (κ2) is 3.85. The van der Waals surface area contributed by atoms with Crippen molar-refractivity contribution in [3.8, 4) is 23.5 Å². The van der Waals surface area contributed by atoms with Gasteiger partial charge in [-0.2, -0.15) is 0 Å². The summed E-state index contributed by atoms with van der Waals surface area (Å²) in [5, 5.41) is 41.2. The monoisotopic (exact) mass is 306 g/mol. The Morgan fingerprint density at radius 2 is 0.955 bits per heavy atom. The van der Waals surface area contributed by atoms with E-state index in [4.69, 9.17) is 9.68 Å². The second-order valence-electron chi connectivity index (χ2n) is 5.24. The fourth-order valence-electron chi connectivity index (χ4n) is 3.59. The molecule has 0 radical (unpaired) electrons. The van der Waals surface area contributed by atoms with Crippen LogP contribution in [-0.4, -0.2) is 44.1 Å². The van der Waals surface area contributed by atoms with E-state index in [-0.39, 0.29) is 23.5 Å². The van der Waals surface area contributed by atoms with Gasteiger partial charge in [-0.15, -0.1) is 9.46 Å². The molecule has 0 saturated carbocycles. The third-order valence-corrected chi connectivity index (χ3v) is 4.42. The van der Waals surface area contributed by atoms with E-state index in [9.17, 15) is 20.4 Å². The molecule has 0 unspecified atom stereocenters. The van der Waals surface area contributed by atoms with Crippen LogP contribution in [0.4, 0.5) is 0 Å². The first kappa shape index (κ1) is 12.8. The molecule has 2 bridgehead atoms. The lowest BCUT2D eigenvalue weighted by Crippen LogP contribution is -2.17. The minimum atomic E-state index is -0.514. The fraction of sp³-hybridized carbons (Fsp3) is 0.286. The van der Waals surface area contributed by atoms with Crippen LogP contribution in [0, 0.1) is 0 Å². The molecule has 0 amide bonds. The van der Waals surface area contributed by atoms with Crippen LogP contribution in [0.2, 0.25) is 0 Å². The van der Waals surface area contributed by atoms with Crippen molar-refractivity contribution in [1.82, 2.24) is 9.46 Å². The number of nitrogens with zero attached hydrogens (tertiary/aromatic N) is 2. The molecule has 2 heterocycles. The van der Waals surface area contributed by atoms with E-state index in [1.165, 1.54) is 14.2 Å². The molecular formula is C14H14N2O6. The second-order valence-corrected chi connectivity index (χ2v) is 5.24. The standard InChI is InChI=1S/C14H14N2O6/c1-21-15-11(17)7-5-3-4-6(8(7)12(15)18)10-9(5)13(19)16(22-2)14(10)20/h3-6,17-20H,1-2H3. The average molecular weight is 306 g/mol. The molecule has 116 valence electrons. The van der Waals surface area contributed by atoms with E-state index in [1.807, 2.05) is 0 Å². The summed E-state index contributed by atoms with van der Waals surface area (Å²) in [6, 6.07) is 0. The number of hydrogen-bond donors (Lipinski definition) is 4. The van der Waals surface area contributed by atoms with Gasteiger partial charge in [-0.1, -0.05) is 12.2 Å². The largest absolute Gasteiger partial charge is 0.492 e. The van der Waals surface area contributed by atoms with E-state index in [1.54, 1.807) is 12.2 Å². The van der Waals surface area contributed by atoms with E-state index in [2.05, 4.69) is 0 Å². The van der Waals surface area contributed by atoms with Gasteiger partial charge >= 0.3 is 0 Å². The first-order valence-corrected chi connectivity index (χ1v) is 6.63. The molecule has 22 heavy (non-hydrogen) atoms. The van der Waals surface area contributed by atoms with Gasteiger partial charge in [-0.25, -0.2) is 0 Å². The van der Waals surface area contributed by atoms with Crippen molar-refractivity contribution in [3.05, 3.63) is 34.4 Å². The number of rotatable bonds is 2. The topological polar surface area (TPSA) is 109 Å². The highest BCUT2D eigenvalue weighted by molar-refractivity contribution is 5.70. The minimum Gasteiger partial charge on any atom is -0.492 e. The van der Waals surface area contributed by atoms with Gasteiger partial charge in [-0.3, -0.25) is 0 Å². The van der Waals surface area contributed by atoms with E-state index >= 15 is 0 Å². The maximum absolute atomic E-state index is 10.3. The van der Waals surface area contributed by atoms with Crippen LogP contribution in [0.1, 0.15) is 34.1 Å². The first-order chi connectivity index (χ1) is 10.5. The highest BCUT2D eigenvalue weighted by Crippen LogP contribution is 2.60. The van der Waals surface area contributed by atoms with Gasteiger partial charge in [0, 0.05) is 34.1 Å². The Bertz CT molecular complexity index is 708. The SMILES string of the molecule is COn1c(O)c2c(c1O)C1C=CC2c2c1c(O)n(OC)c2O. The van der Waals surface area contributed by atoms with Crippen LogP contribution in [0.15, 0.2) is 12.2 Å². The number of hydrogen-bond acceptors (Lipinski definition) is 6. The zero-order chi connectivity index (χ0) is 15.8. The minimum absolute atomic E-state index is 0.232. The zero-order valence-electron chi connectivity index (χ0n) is 11.8. The maximum atomic E-state index is 10.3. The van der Waals surface area contributed by atoms with Crippen LogP contribution in [0.25, 0.3) is 0 Å². The first-order valence-electron chi connectivity index (χ1n) is 6.63. The van der Waals surface area contributed by atoms with Crippen molar-refractivity contribution in [1.29, 1.82) is 0 Å². The Hall–Kier alpha value is -2.90. The molecule has 3 aliphatic carbocycles. The summed E-state index contributed by atoms with van der Waals surface area (Å²) < 4.78 is 1.84. The van der Waals surface area contributed by atoms with Gasteiger partial charge in [0.05, 0.1) is 0 Å². The van der Waals surface area contributed by atoms with Crippen LogP contribution >= 0.6 is 0 Å². The predicted molar refractivity (Wildman–Crippen MR) is 73.4 cm³/mol. The van der Waals surface area contributed by atoms with Crippen molar-refractivity contribution in [2.75, 3.05) is 14.2 Å². The van der Waals surface area contributed by atoms with Crippen molar-refractivity contribution < 1.29 is 30.1 Å². The zero-order valence-corrected chi connectivity index (χ0v) is 11.8. The Morgan fingerprint density at radius 3 is 1.18 bits per heavy atom. The number of aromatic hydroxyl groups is 4. The molecule has 3 aliphatic rings. The summed E-state index contributed by atoms with van der Waals surface area (Å²) in [5.74, 6) is -1.96. The van der Waals surface area contributed by atoms with Gasteiger partial charge in [0.1, 0.15) is 14.2 Å².